The first-order valence-electron chi connectivity index (χ1n) is 42.8. The number of hydrogen-bond donors (Lipinski definition) is 2. The second-order valence-electron chi connectivity index (χ2n) is 35.0. The molecule has 5 aliphatic rings. The van der Waals surface area contributed by atoms with E-state index in [2.05, 4.69) is 229 Å². The van der Waals surface area contributed by atoms with E-state index in [9.17, 15) is 39.3 Å². The molecule has 0 amide bonds. The number of aromatic carboxylic acids is 5. The second-order valence-corrected chi connectivity index (χ2v) is 35.0. The van der Waals surface area contributed by atoms with Gasteiger partial charge in [0.25, 0.3) is 11.9 Å². The molecule has 0 aliphatic heterocycles. The van der Waals surface area contributed by atoms with Crippen LogP contribution in [0.1, 0.15) is 225 Å². The van der Waals surface area contributed by atoms with Crippen LogP contribution in [0.2, 0.25) is 0 Å². The van der Waals surface area contributed by atoms with Gasteiger partial charge in [0, 0.05) is 140 Å². The molecule has 5 aromatic carbocycles. The van der Waals surface area contributed by atoms with Crippen LogP contribution in [0.4, 0.5) is 0 Å². The number of rotatable bonds is 10. The largest absolute Gasteiger partial charge is 0 e. The van der Waals surface area contributed by atoms with Gasteiger partial charge in [0.2, 0.25) is 0 Å². The van der Waals surface area contributed by atoms with Crippen LogP contribution in [0.5, 0.6) is 0 Å². The number of carboxylic acid groups (broad SMARTS) is 5. The van der Waals surface area contributed by atoms with Crippen LogP contribution < -0.4 is 15.3 Å². The van der Waals surface area contributed by atoms with Gasteiger partial charge in [-0.3, -0.25) is 33.0 Å². The number of aromatic nitrogens is 10. The quantitative estimate of drug-likeness (QED) is 0.120. The van der Waals surface area contributed by atoms with Crippen molar-refractivity contribution in [1.29, 1.82) is 0 Å². The van der Waals surface area contributed by atoms with Crippen molar-refractivity contribution in [2.45, 2.75) is 173 Å². The van der Waals surface area contributed by atoms with Crippen LogP contribution in [0, 0.1) is 215 Å². The van der Waals surface area contributed by atoms with Crippen LogP contribution in [0.3, 0.4) is 0 Å². The zero-order valence-electron chi connectivity index (χ0n) is 83.6. The molecule has 5 heterocycles. The van der Waals surface area contributed by atoms with E-state index in [0.29, 0.717) is 17.1 Å². The molecule has 0 unspecified atom stereocenters. The predicted octanol–water partition coefficient (Wildman–Crippen LogP) is 18.0. The standard InChI is InChI=1S/5C10H7N2O2.5C10H20.5CH3.5Ir.3H2O.2H/c5*13-10(14)8-2-4-9(5-3-8)12-7-1-6-11-12;5*1-6-7(2)9(4)10(5)8(6)3;;;;;;;;;;;;;;;/h5*1-4,6-7H,(H,13,14);5*6-10H,1-5H3;5*1H3;;;;;;3*1H2;;/q5*-1;;;;;;5*-1;;;;2*+2;;;;;/p-3. The van der Waals surface area contributed by atoms with Gasteiger partial charge in [-0.1, -0.05) is 184 Å². The Balaban J connectivity index is -0.000000216. The van der Waals surface area contributed by atoms with E-state index in [4.69, 9.17) is 10.2 Å². The minimum Gasteiger partial charge on any atom is 0 e. The third kappa shape index (κ3) is 39.6. The molecule has 0 atom stereocenters. The number of hydrogen-bond acceptors (Lipinski definition) is 13. The molecule has 133 heavy (non-hydrogen) atoms. The average molecular weight is 2730 g/mol. The van der Waals surface area contributed by atoms with E-state index in [1.165, 1.54) is 60.7 Å². The molecule has 5 radical (unpaired) electrons. The van der Waals surface area contributed by atoms with Crippen molar-refractivity contribution < 1.29 is 166 Å². The van der Waals surface area contributed by atoms with Crippen LogP contribution in [0.25, 0.3) is 28.4 Å². The van der Waals surface area contributed by atoms with E-state index in [-0.39, 0.29) is 182 Å². The smallest absolute Gasteiger partial charge is 0 e. The zero-order chi connectivity index (χ0) is 89.3. The van der Waals surface area contributed by atoms with Gasteiger partial charge >= 0.3 is 40.2 Å². The van der Waals surface area contributed by atoms with Crippen molar-refractivity contribution in [2.24, 2.45) is 148 Å². The third-order valence-corrected chi connectivity index (χ3v) is 29.7. The molecule has 28 heteroatoms. The number of nitrogens with zero attached hydrogens (tertiary/aromatic N) is 10. The molecule has 757 valence electrons. The van der Waals surface area contributed by atoms with Gasteiger partial charge < -0.3 is 93.5 Å². The Morgan fingerprint density at radius 2 is 0.353 bits per heavy atom. The molecule has 23 nitrogen and oxygen atoms in total. The monoisotopic (exact) mass is 2730 g/mol. The first-order chi connectivity index (χ1) is 56.6. The normalized spacial score (nSPS) is 26.1. The molecule has 0 bridgehead atoms. The van der Waals surface area contributed by atoms with E-state index < -0.39 is 29.8 Å². The van der Waals surface area contributed by atoms with E-state index in [1.54, 1.807) is 146 Å². The maximum absolute atomic E-state index is 10.6. The molecule has 5 saturated carbocycles. The third-order valence-electron chi connectivity index (χ3n) is 29.7. The fourth-order valence-electron chi connectivity index (χ4n) is 17.5. The van der Waals surface area contributed by atoms with Gasteiger partial charge in [0.15, 0.2) is 0 Å². The van der Waals surface area contributed by atoms with Crippen LogP contribution in [-0.4, -0.2) is 105 Å². The summed E-state index contributed by atoms with van der Waals surface area (Å²) in [6.45, 7) is 60.0. The Morgan fingerprint density at radius 1 is 0.241 bits per heavy atom. The topological polar surface area (TPSA) is 379 Å². The molecular formula is C105H155Ir5N10O13-9. The SMILES string of the molecule is CC1C(C)C(C)C(C)C1C.CC1C(C)C(C)C(C)C1C.CC1C(C)C(C)C(C)C1C.CC1C(C)C(C)C(C)C1C.CC1C(C)C(C)C(C)C1C.O.O.O.O=C(O)c1c[c-]c(-n2cccn2)cc1.O=C(O)c1c[c-]c(-n2cccn2)cc1.O=C([O-])c1c[c-]c(-n2cccn2)cc1.O=C([O-])c1c[c-]c(-n2cccn2)cc1.O=C([O-])c1c[c-]c(-n2cccn2)cc1.[CH3-].[CH3-].[CH3-].[CH3-].[CH3-].[IrH+2].[IrH+2].[Ir].[Ir].[Ir]. The Labute approximate surface area is 866 Å². The maximum atomic E-state index is 10.6. The number of carbonyl (C=O) groups is 5. The summed E-state index contributed by atoms with van der Waals surface area (Å²) in [7, 11) is 0. The van der Waals surface area contributed by atoms with E-state index in [0.717, 1.165) is 159 Å². The Kier molecular flexibility index (Phi) is 71.9. The first kappa shape index (κ1) is 141. The molecular weight excluding hydrogens is 2570 g/mol. The molecule has 8 N–H and O–H groups in total. The number of carboxylic acids is 5. The fourth-order valence-corrected chi connectivity index (χ4v) is 17.5. The van der Waals surface area contributed by atoms with Gasteiger partial charge in [-0.15, -0.1) is 47.0 Å². The summed E-state index contributed by atoms with van der Waals surface area (Å²) in [6.07, 6.45) is 17.0. The summed E-state index contributed by atoms with van der Waals surface area (Å²) >= 11 is 0. The minimum absolute atomic E-state index is 0. The van der Waals surface area contributed by atoms with Crippen molar-refractivity contribution in [1.82, 2.24) is 48.9 Å². The number of benzene rings is 5. The average Bonchev–Trinajstić information content (AvgIpc) is 1.69. The number of carbonyl (C=O) groups excluding carboxylic acids is 3. The molecule has 10 aromatic rings. The summed E-state index contributed by atoms with van der Waals surface area (Å²) < 4.78 is 8.02. The van der Waals surface area contributed by atoms with Crippen molar-refractivity contribution in [3.05, 3.63) is 279 Å². The summed E-state index contributed by atoms with van der Waals surface area (Å²) in [5.74, 6) is 17.9. The Morgan fingerprint density at radius 3 is 0.429 bits per heavy atom. The second kappa shape index (κ2) is 67.8. The van der Waals surface area contributed by atoms with E-state index >= 15 is 0 Å². The van der Waals surface area contributed by atoms with Crippen molar-refractivity contribution in [3.63, 3.8) is 0 Å². The summed E-state index contributed by atoms with van der Waals surface area (Å²) in [4.78, 5) is 52.4. The van der Waals surface area contributed by atoms with Gasteiger partial charge in [0.1, 0.15) is 0 Å². The Hall–Kier alpha value is -7.37. The minimum atomic E-state index is -1.20. The van der Waals surface area contributed by atoms with E-state index in [1.807, 2.05) is 0 Å². The van der Waals surface area contributed by atoms with Crippen LogP contribution in [0.15, 0.2) is 183 Å². The van der Waals surface area contributed by atoms with Crippen LogP contribution >= 0.6 is 0 Å². The fraction of sp³-hybridized carbons (Fsp3) is 0.476. The van der Waals surface area contributed by atoms with Gasteiger partial charge in [0.05, 0.1) is 0 Å². The summed E-state index contributed by atoms with van der Waals surface area (Å²) in [6, 6.07) is 45.6. The first-order valence-corrected chi connectivity index (χ1v) is 42.8. The van der Waals surface area contributed by atoms with Gasteiger partial charge in [-0.05, 0) is 207 Å². The maximum Gasteiger partial charge on any atom is 0 e. The summed E-state index contributed by atoms with van der Waals surface area (Å²) in [5, 5.41) is 68.6. The molecule has 5 aliphatic carbocycles. The molecule has 5 aromatic heterocycles. The molecule has 5 fully saturated rings. The predicted molar refractivity (Wildman–Crippen MR) is 514 cm³/mol. The van der Waals surface area contributed by atoms with Gasteiger partial charge in [-0.25, -0.2) is 0 Å². The Bertz CT molecular complexity index is 3750. The van der Waals surface area contributed by atoms with Crippen molar-refractivity contribution in [3.8, 4) is 28.4 Å². The summed E-state index contributed by atoms with van der Waals surface area (Å²) in [5.41, 5.74) is 4.31. The molecule has 0 saturated heterocycles. The van der Waals surface area contributed by atoms with Crippen LogP contribution in [-0.2, 0) is 101 Å². The van der Waals surface area contributed by atoms with Crippen molar-refractivity contribution in [2.75, 3.05) is 0 Å². The van der Waals surface area contributed by atoms with Crippen molar-refractivity contribution >= 4 is 29.8 Å². The van der Waals surface area contributed by atoms with Gasteiger partial charge in [-0.2, -0.15) is 116 Å². The zero-order valence-corrected chi connectivity index (χ0v) is 95.9. The molecule has 0 spiro atoms. The molecule has 15 rings (SSSR count).